The number of aliphatic imine (C=N–C) groups is 1. The summed E-state index contributed by atoms with van der Waals surface area (Å²) >= 11 is 0. The van der Waals surface area contributed by atoms with Crippen molar-refractivity contribution in [3.8, 4) is 0 Å². The summed E-state index contributed by atoms with van der Waals surface area (Å²) in [5, 5.41) is 6.88. The third kappa shape index (κ3) is 10.4. The molecule has 0 bridgehead atoms. The number of nitrogens with one attached hydrogen (secondary N) is 2. The molecule has 0 atom stereocenters. The highest BCUT2D eigenvalue weighted by Crippen LogP contribution is 2.17. The summed E-state index contributed by atoms with van der Waals surface area (Å²) in [5.41, 5.74) is 0.468. The minimum absolute atomic E-state index is 0. The van der Waals surface area contributed by atoms with E-state index in [9.17, 15) is 4.79 Å². The van der Waals surface area contributed by atoms with Crippen LogP contribution in [-0.4, -0.2) is 53.7 Å². The molecule has 8 heteroatoms. The molecule has 0 radical (unpaired) electrons. The maximum atomic E-state index is 12.6. The van der Waals surface area contributed by atoms with Gasteiger partial charge in [-0.1, -0.05) is 25.3 Å². The molecular formula is C22H38IN5O2. The third-order valence-electron chi connectivity index (χ3n) is 4.81. The summed E-state index contributed by atoms with van der Waals surface area (Å²) in [6.07, 6.45) is 10.3. The Morgan fingerprint density at radius 2 is 2.03 bits per heavy atom. The molecule has 2 rings (SSSR count). The van der Waals surface area contributed by atoms with Crippen molar-refractivity contribution in [2.45, 2.75) is 77.5 Å². The highest BCUT2D eigenvalue weighted by molar-refractivity contribution is 14.0. The van der Waals surface area contributed by atoms with E-state index in [0.29, 0.717) is 19.1 Å². The van der Waals surface area contributed by atoms with Crippen LogP contribution in [0.15, 0.2) is 29.5 Å². The van der Waals surface area contributed by atoms with Gasteiger partial charge in [0.1, 0.15) is 5.60 Å². The molecule has 7 nitrogen and oxygen atoms in total. The number of aromatic nitrogens is 1. The maximum Gasteiger partial charge on any atom is 0.410 e. The number of carbonyl (C=O) groups excluding carboxylic acids is 1. The van der Waals surface area contributed by atoms with Gasteiger partial charge in [0.15, 0.2) is 5.96 Å². The summed E-state index contributed by atoms with van der Waals surface area (Å²) in [5.74, 6) is 0.841. The summed E-state index contributed by atoms with van der Waals surface area (Å²) in [6, 6.07) is 4.36. The second-order valence-electron chi connectivity index (χ2n) is 8.59. The van der Waals surface area contributed by atoms with E-state index in [1.165, 1.54) is 32.1 Å². The van der Waals surface area contributed by atoms with Gasteiger partial charge in [0.2, 0.25) is 0 Å². The van der Waals surface area contributed by atoms with Crippen LogP contribution in [0.5, 0.6) is 0 Å². The van der Waals surface area contributed by atoms with Crippen molar-refractivity contribution in [1.29, 1.82) is 0 Å². The van der Waals surface area contributed by atoms with Crippen LogP contribution in [0.25, 0.3) is 0 Å². The number of amides is 1. The molecule has 1 fully saturated rings. The number of guanidine groups is 1. The number of pyridine rings is 1. The number of carbonyl (C=O) groups is 1. The van der Waals surface area contributed by atoms with Crippen molar-refractivity contribution in [2.24, 2.45) is 4.99 Å². The van der Waals surface area contributed by atoms with E-state index in [0.717, 1.165) is 24.5 Å². The lowest BCUT2D eigenvalue weighted by Crippen LogP contribution is -2.45. The van der Waals surface area contributed by atoms with Gasteiger partial charge in [0.05, 0.1) is 6.54 Å². The largest absolute Gasteiger partial charge is 0.444 e. The maximum absolute atomic E-state index is 12.6. The van der Waals surface area contributed by atoms with Gasteiger partial charge in [-0.3, -0.25) is 9.98 Å². The van der Waals surface area contributed by atoms with E-state index in [-0.39, 0.29) is 30.1 Å². The number of hydrogen-bond acceptors (Lipinski definition) is 4. The lowest BCUT2D eigenvalue weighted by molar-refractivity contribution is 0.0232. The van der Waals surface area contributed by atoms with Crippen LogP contribution in [0.2, 0.25) is 0 Å². The highest BCUT2D eigenvalue weighted by atomic mass is 127. The predicted molar refractivity (Wildman–Crippen MR) is 132 cm³/mol. The van der Waals surface area contributed by atoms with E-state index in [1.807, 2.05) is 32.9 Å². The van der Waals surface area contributed by atoms with Crippen LogP contribution < -0.4 is 10.6 Å². The summed E-state index contributed by atoms with van der Waals surface area (Å²) < 4.78 is 5.58. The van der Waals surface area contributed by atoms with Gasteiger partial charge in [-0.05, 0) is 51.7 Å². The molecule has 170 valence electrons. The average molecular weight is 531 g/mol. The minimum Gasteiger partial charge on any atom is -0.444 e. The lowest BCUT2D eigenvalue weighted by atomic mass is 9.96. The normalized spacial score (nSPS) is 15.1. The van der Waals surface area contributed by atoms with Crippen LogP contribution in [0, 0.1) is 0 Å². The first kappa shape index (κ1) is 26.5. The fourth-order valence-corrected chi connectivity index (χ4v) is 3.39. The molecule has 0 saturated heterocycles. The summed E-state index contributed by atoms with van der Waals surface area (Å²) in [6.45, 7) is 7.47. The van der Waals surface area contributed by atoms with Crippen molar-refractivity contribution in [2.75, 3.05) is 20.1 Å². The van der Waals surface area contributed by atoms with Crippen LogP contribution in [-0.2, 0) is 11.3 Å². The average Bonchev–Trinajstić information content (AvgIpc) is 2.69. The molecule has 1 saturated carbocycles. The van der Waals surface area contributed by atoms with Gasteiger partial charge in [-0.2, -0.15) is 0 Å². The number of rotatable bonds is 7. The number of hydrogen-bond donors (Lipinski definition) is 2. The van der Waals surface area contributed by atoms with Crippen LogP contribution >= 0.6 is 24.0 Å². The van der Waals surface area contributed by atoms with E-state index < -0.39 is 5.60 Å². The SMILES string of the molecule is CN=C(NCCCN(Cc1cccnc1)C(=O)OC(C)(C)C)NC1CCCCC1.I. The Labute approximate surface area is 198 Å². The zero-order chi connectivity index (χ0) is 21.1. The molecule has 2 N–H and O–H groups in total. The van der Waals surface area contributed by atoms with Crippen molar-refractivity contribution < 1.29 is 9.53 Å². The highest BCUT2D eigenvalue weighted by Gasteiger charge is 2.22. The van der Waals surface area contributed by atoms with Gasteiger partial charge < -0.3 is 20.3 Å². The van der Waals surface area contributed by atoms with E-state index in [1.54, 1.807) is 24.3 Å². The molecule has 1 heterocycles. The van der Waals surface area contributed by atoms with Gasteiger partial charge >= 0.3 is 6.09 Å². The first-order valence-electron chi connectivity index (χ1n) is 10.7. The Balaban J connectivity index is 0.00000450. The number of halogens is 1. The second kappa shape index (κ2) is 13.7. The molecule has 0 aliphatic heterocycles. The first-order chi connectivity index (χ1) is 13.9. The zero-order valence-corrected chi connectivity index (χ0v) is 21.1. The van der Waals surface area contributed by atoms with Crippen molar-refractivity contribution in [1.82, 2.24) is 20.5 Å². The second-order valence-corrected chi connectivity index (χ2v) is 8.59. The molecule has 0 spiro atoms. The molecular weight excluding hydrogens is 493 g/mol. The van der Waals surface area contributed by atoms with Crippen molar-refractivity contribution in [3.63, 3.8) is 0 Å². The van der Waals surface area contributed by atoms with E-state index >= 15 is 0 Å². The first-order valence-corrected chi connectivity index (χ1v) is 10.7. The van der Waals surface area contributed by atoms with E-state index in [2.05, 4.69) is 20.6 Å². The Bertz CT molecular complexity index is 643. The summed E-state index contributed by atoms with van der Waals surface area (Å²) in [4.78, 5) is 22.8. The van der Waals surface area contributed by atoms with Crippen molar-refractivity contribution in [3.05, 3.63) is 30.1 Å². The quantitative estimate of drug-likeness (QED) is 0.237. The van der Waals surface area contributed by atoms with Crippen LogP contribution in [0.3, 0.4) is 0 Å². The fraction of sp³-hybridized carbons (Fsp3) is 0.682. The van der Waals surface area contributed by atoms with Gasteiger partial charge in [-0.15, -0.1) is 24.0 Å². The third-order valence-corrected chi connectivity index (χ3v) is 4.81. The number of ether oxygens (including phenoxy) is 1. The molecule has 1 aromatic rings. The molecule has 0 aromatic carbocycles. The molecule has 1 amide bonds. The lowest BCUT2D eigenvalue weighted by Gasteiger charge is -2.28. The van der Waals surface area contributed by atoms with Gasteiger partial charge in [0, 0.05) is 38.6 Å². The number of nitrogens with zero attached hydrogens (tertiary/aromatic N) is 3. The Morgan fingerprint density at radius 3 is 2.63 bits per heavy atom. The van der Waals surface area contributed by atoms with Gasteiger partial charge in [0.25, 0.3) is 0 Å². The van der Waals surface area contributed by atoms with Crippen LogP contribution in [0.4, 0.5) is 4.79 Å². The van der Waals surface area contributed by atoms with Crippen molar-refractivity contribution >= 4 is 36.0 Å². The fourth-order valence-electron chi connectivity index (χ4n) is 3.39. The Kier molecular flexibility index (Phi) is 12.1. The molecule has 1 aliphatic rings. The smallest absolute Gasteiger partial charge is 0.410 e. The Hall–Kier alpha value is -1.58. The predicted octanol–water partition coefficient (Wildman–Crippen LogP) is 4.32. The standard InChI is InChI=1S/C22H37N5O2.HI/c1-22(2,3)29-21(28)27(17-18-10-8-13-24-16-18)15-9-14-25-20(23-4)26-19-11-6-5-7-12-19;/h8,10,13,16,19H,5-7,9,11-12,14-15,17H2,1-4H3,(H2,23,25,26);1H. The Morgan fingerprint density at radius 1 is 1.30 bits per heavy atom. The van der Waals surface area contributed by atoms with Gasteiger partial charge in [-0.25, -0.2) is 4.79 Å². The van der Waals surface area contributed by atoms with E-state index in [4.69, 9.17) is 4.74 Å². The molecule has 0 unspecified atom stereocenters. The zero-order valence-electron chi connectivity index (χ0n) is 18.8. The molecule has 1 aliphatic carbocycles. The topological polar surface area (TPSA) is 78.9 Å². The monoisotopic (exact) mass is 531 g/mol. The van der Waals surface area contributed by atoms with Crippen LogP contribution in [0.1, 0.15) is 64.9 Å². The molecule has 1 aromatic heterocycles. The summed E-state index contributed by atoms with van der Waals surface area (Å²) in [7, 11) is 1.80. The minimum atomic E-state index is -0.519. The molecule has 30 heavy (non-hydrogen) atoms.